The number of hydrogen-bond acceptors (Lipinski definition) is 4. The highest BCUT2D eigenvalue weighted by Crippen LogP contribution is 2.26. The fraction of sp³-hybridized carbons (Fsp3) is 0.455. The maximum Gasteiger partial charge on any atom is 0.390 e. The van der Waals surface area contributed by atoms with Gasteiger partial charge in [-0.1, -0.05) is 0 Å². The van der Waals surface area contributed by atoms with Crippen molar-refractivity contribution in [2.75, 3.05) is 18.9 Å². The van der Waals surface area contributed by atoms with Crippen molar-refractivity contribution in [3.05, 3.63) is 18.2 Å². The van der Waals surface area contributed by atoms with Gasteiger partial charge < -0.3 is 10.5 Å². The van der Waals surface area contributed by atoms with E-state index in [-0.39, 0.29) is 17.3 Å². The molecular weight excluding hydrogens is 297 g/mol. The molecule has 0 aliphatic carbocycles. The highest BCUT2D eigenvalue weighted by atomic mass is 32.2. The van der Waals surface area contributed by atoms with Gasteiger partial charge in [-0.15, -0.1) is 0 Å². The number of benzene rings is 1. The first-order valence-electron chi connectivity index (χ1n) is 5.74. The van der Waals surface area contributed by atoms with Crippen LogP contribution in [0.4, 0.5) is 18.9 Å². The number of nitrogens with two attached hydrogens (primary N) is 1. The van der Waals surface area contributed by atoms with Crippen molar-refractivity contribution >= 4 is 15.7 Å². The molecule has 0 saturated heterocycles. The van der Waals surface area contributed by atoms with Crippen molar-refractivity contribution in [2.24, 2.45) is 0 Å². The van der Waals surface area contributed by atoms with E-state index in [9.17, 15) is 21.6 Å². The number of alkyl halides is 3. The van der Waals surface area contributed by atoms with Crippen molar-refractivity contribution in [3.8, 4) is 5.75 Å². The van der Waals surface area contributed by atoms with E-state index in [2.05, 4.69) is 0 Å². The van der Waals surface area contributed by atoms with E-state index in [0.29, 0.717) is 5.69 Å². The predicted octanol–water partition coefficient (Wildman–Crippen LogP) is 1.90. The zero-order valence-electron chi connectivity index (χ0n) is 10.7. The van der Waals surface area contributed by atoms with Crippen LogP contribution in [-0.4, -0.2) is 27.7 Å². The summed E-state index contributed by atoms with van der Waals surface area (Å²) in [5.74, 6) is 0.00649. The Balaban J connectivity index is 2.92. The van der Waals surface area contributed by atoms with E-state index >= 15 is 0 Å². The number of nitrogens with one attached hydrogen (secondary N) is 1. The van der Waals surface area contributed by atoms with Gasteiger partial charge in [-0.3, -0.25) is 0 Å². The smallest absolute Gasteiger partial charge is 0.390 e. The van der Waals surface area contributed by atoms with Crippen molar-refractivity contribution in [2.45, 2.75) is 24.4 Å². The second kappa shape index (κ2) is 6.31. The molecule has 20 heavy (non-hydrogen) atoms. The fourth-order valence-corrected chi connectivity index (χ4v) is 2.58. The summed E-state index contributed by atoms with van der Waals surface area (Å²) in [6.07, 6.45) is -5.67. The van der Waals surface area contributed by atoms with Crippen LogP contribution in [0.5, 0.6) is 5.75 Å². The van der Waals surface area contributed by atoms with E-state index in [4.69, 9.17) is 10.5 Å². The molecule has 1 aromatic rings. The topological polar surface area (TPSA) is 81.4 Å². The van der Waals surface area contributed by atoms with Crippen molar-refractivity contribution < 1.29 is 26.3 Å². The molecule has 0 radical (unpaired) electrons. The van der Waals surface area contributed by atoms with E-state index in [0.717, 1.165) is 0 Å². The molecule has 0 fully saturated rings. The van der Waals surface area contributed by atoms with Gasteiger partial charge in [0.15, 0.2) is 0 Å². The lowest BCUT2D eigenvalue weighted by Crippen LogP contribution is -2.28. The average molecular weight is 312 g/mol. The Kier molecular flexibility index (Phi) is 5.23. The Labute approximate surface area is 115 Å². The van der Waals surface area contributed by atoms with E-state index in [1.807, 2.05) is 4.72 Å². The maximum atomic E-state index is 12.0. The summed E-state index contributed by atoms with van der Waals surface area (Å²) >= 11 is 0. The lowest BCUT2D eigenvalue weighted by molar-refractivity contribution is -0.132. The normalized spacial score (nSPS) is 12.4. The molecule has 3 N–H and O–H groups in total. The van der Waals surface area contributed by atoms with Crippen LogP contribution in [0.1, 0.15) is 13.3 Å². The van der Waals surface area contributed by atoms with Gasteiger partial charge in [0.05, 0.1) is 13.0 Å². The van der Waals surface area contributed by atoms with E-state index in [1.54, 1.807) is 6.92 Å². The first-order valence-corrected chi connectivity index (χ1v) is 7.23. The largest absolute Gasteiger partial charge is 0.492 e. The number of rotatable bonds is 6. The molecule has 0 spiro atoms. The fourth-order valence-electron chi connectivity index (χ4n) is 1.42. The van der Waals surface area contributed by atoms with Crippen LogP contribution in [0.25, 0.3) is 0 Å². The van der Waals surface area contributed by atoms with Crippen LogP contribution < -0.4 is 15.2 Å². The van der Waals surface area contributed by atoms with Crippen LogP contribution in [0.15, 0.2) is 23.1 Å². The summed E-state index contributed by atoms with van der Waals surface area (Å²) in [4.78, 5) is -0.240. The van der Waals surface area contributed by atoms with Crippen LogP contribution in [0, 0.1) is 0 Å². The lowest BCUT2D eigenvalue weighted by Gasteiger charge is -2.13. The minimum Gasteiger partial charge on any atom is -0.492 e. The second-order valence-electron chi connectivity index (χ2n) is 3.90. The van der Waals surface area contributed by atoms with Crippen molar-refractivity contribution in [1.82, 2.24) is 4.72 Å². The van der Waals surface area contributed by atoms with Gasteiger partial charge in [0.1, 0.15) is 10.6 Å². The molecule has 114 valence electrons. The molecule has 5 nitrogen and oxygen atoms in total. The molecule has 1 rings (SSSR count). The third kappa shape index (κ3) is 4.89. The zero-order valence-corrected chi connectivity index (χ0v) is 11.5. The third-order valence-corrected chi connectivity index (χ3v) is 3.76. The van der Waals surface area contributed by atoms with Gasteiger partial charge in [0.25, 0.3) is 0 Å². The first kappa shape index (κ1) is 16.6. The SMILES string of the molecule is CCOc1cc(N)ccc1S(=O)(=O)NCCC(F)(F)F. The van der Waals surface area contributed by atoms with Gasteiger partial charge in [0.2, 0.25) is 10.0 Å². The zero-order chi connectivity index (χ0) is 15.4. The lowest BCUT2D eigenvalue weighted by atomic mass is 10.3. The summed E-state index contributed by atoms with van der Waals surface area (Å²) in [5, 5.41) is 0. The van der Waals surface area contributed by atoms with Gasteiger partial charge in [-0.25, -0.2) is 13.1 Å². The van der Waals surface area contributed by atoms with Crippen LogP contribution in [0.3, 0.4) is 0 Å². The molecule has 1 aromatic carbocycles. The summed E-state index contributed by atoms with van der Waals surface area (Å²) in [7, 11) is -4.08. The predicted molar refractivity (Wildman–Crippen MR) is 67.9 cm³/mol. The minimum atomic E-state index is -4.42. The first-order chi connectivity index (χ1) is 9.15. The second-order valence-corrected chi connectivity index (χ2v) is 5.64. The van der Waals surface area contributed by atoms with E-state index in [1.165, 1.54) is 18.2 Å². The molecule has 0 bridgehead atoms. The summed E-state index contributed by atoms with van der Waals surface area (Å²) < 4.78 is 66.9. The van der Waals surface area contributed by atoms with Crippen molar-refractivity contribution in [3.63, 3.8) is 0 Å². The molecule has 0 aliphatic heterocycles. The average Bonchev–Trinajstić information content (AvgIpc) is 2.26. The minimum absolute atomic E-state index is 0.00649. The number of hydrogen-bond donors (Lipinski definition) is 2. The van der Waals surface area contributed by atoms with Crippen LogP contribution >= 0.6 is 0 Å². The van der Waals surface area contributed by atoms with Gasteiger partial charge in [0, 0.05) is 18.3 Å². The summed E-state index contributed by atoms with van der Waals surface area (Å²) in [6, 6.07) is 3.83. The molecule has 9 heteroatoms. The van der Waals surface area contributed by atoms with Gasteiger partial charge in [-0.2, -0.15) is 13.2 Å². The number of sulfonamides is 1. The third-order valence-electron chi connectivity index (χ3n) is 2.26. The molecule has 0 unspecified atom stereocenters. The molecule has 0 heterocycles. The Morgan fingerprint density at radius 1 is 1.35 bits per heavy atom. The van der Waals surface area contributed by atoms with Gasteiger partial charge >= 0.3 is 6.18 Å². The number of anilines is 1. The maximum absolute atomic E-state index is 12.0. The molecular formula is C11H15F3N2O3S. The van der Waals surface area contributed by atoms with Crippen LogP contribution in [-0.2, 0) is 10.0 Å². The molecule has 0 saturated carbocycles. The monoisotopic (exact) mass is 312 g/mol. The Morgan fingerprint density at radius 2 is 2.00 bits per heavy atom. The number of halogens is 3. The highest BCUT2D eigenvalue weighted by Gasteiger charge is 2.28. The Bertz CT molecular complexity index is 559. The standard InChI is InChI=1S/C11H15F3N2O3S/c1-2-19-9-7-8(15)3-4-10(9)20(17,18)16-6-5-11(12,13)14/h3-4,7,16H,2,5-6,15H2,1H3. The number of nitrogen functional groups attached to an aromatic ring is 1. The molecule has 0 atom stereocenters. The molecule has 0 amide bonds. The quantitative estimate of drug-likeness (QED) is 0.786. The van der Waals surface area contributed by atoms with Crippen LogP contribution in [0.2, 0.25) is 0 Å². The highest BCUT2D eigenvalue weighted by molar-refractivity contribution is 7.89. The summed E-state index contributed by atoms with van der Waals surface area (Å²) in [6.45, 7) is 1.12. The molecule has 0 aliphatic rings. The Morgan fingerprint density at radius 3 is 2.55 bits per heavy atom. The summed E-state index contributed by atoms with van der Waals surface area (Å²) in [5.41, 5.74) is 5.81. The number of ether oxygens (including phenoxy) is 1. The van der Waals surface area contributed by atoms with Gasteiger partial charge in [-0.05, 0) is 19.1 Å². The molecule has 0 aromatic heterocycles. The van der Waals surface area contributed by atoms with Crippen molar-refractivity contribution in [1.29, 1.82) is 0 Å². The Hall–Kier alpha value is -1.48. The van der Waals surface area contributed by atoms with E-state index < -0.39 is 29.2 Å².